The molecule has 1 heterocycles. The predicted molar refractivity (Wildman–Crippen MR) is 99.0 cm³/mol. The summed E-state index contributed by atoms with van der Waals surface area (Å²) in [5, 5.41) is 7.55. The van der Waals surface area contributed by atoms with Crippen LogP contribution in [-0.2, 0) is 14.9 Å². The van der Waals surface area contributed by atoms with Crippen molar-refractivity contribution in [3.05, 3.63) is 34.9 Å². The molecule has 0 amide bonds. The van der Waals surface area contributed by atoms with Crippen LogP contribution < -0.4 is 10.6 Å². The highest BCUT2D eigenvalue weighted by atomic mass is 35.5. The van der Waals surface area contributed by atoms with E-state index in [2.05, 4.69) is 21.7 Å². The largest absolute Gasteiger partial charge is 0.381 e. The van der Waals surface area contributed by atoms with Crippen LogP contribution in [0.5, 0.6) is 0 Å². The van der Waals surface area contributed by atoms with E-state index in [-0.39, 0.29) is 5.41 Å². The van der Waals surface area contributed by atoms with Crippen molar-refractivity contribution in [2.45, 2.75) is 25.2 Å². The number of hydrogen-bond donors (Lipinski definition) is 2. The van der Waals surface area contributed by atoms with E-state index >= 15 is 0 Å². The lowest BCUT2D eigenvalue weighted by atomic mass is 9.74. The van der Waals surface area contributed by atoms with Gasteiger partial charge in [0.05, 0.1) is 6.61 Å². The second-order valence-corrected chi connectivity index (χ2v) is 6.33. The maximum atomic E-state index is 6.48. The number of rotatable bonds is 7. The lowest BCUT2D eigenvalue weighted by Gasteiger charge is -2.38. The first-order chi connectivity index (χ1) is 11.7. The standard InChI is InChI=1S/C18H28ClN3O2/c1-3-23-13-10-21-17(20-2)22-14-18(8-11-24-12-9-18)15-6-4-5-7-16(15)19/h4-7H,3,8-14H2,1-2H3,(H2,20,21,22). The highest BCUT2D eigenvalue weighted by Gasteiger charge is 2.36. The zero-order chi connectivity index (χ0) is 17.3. The van der Waals surface area contributed by atoms with Crippen LogP contribution in [0.1, 0.15) is 25.3 Å². The summed E-state index contributed by atoms with van der Waals surface area (Å²) in [6.45, 7) is 6.40. The fourth-order valence-electron chi connectivity index (χ4n) is 3.05. The third kappa shape index (κ3) is 5.10. The van der Waals surface area contributed by atoms with Crippen LogP contribution in [0, 0.1) is 0 Å². The molecule has 1 aliphatic rings. The van der Waals surface area contributed by atoms with Gasteiger partial charge in [0.1, 0.15) is 0 Å². The number of ether oxygens (including phenoxy) is 2. The summed E-state index contributed by atoms with van der Waals surface area (Å²) in [6.07, 6.45) is 1.89. The van der Waals surface area contributed by atoms with Gasteiger partial charge in [-0.1, -0.05) is 29.8 Å². The van der Waals surface area contributed by atoms with Crippen LogP contribution in [0.15, 0.2) is 29.3 Å². The van der Waals surface area contributed by atoms with E-state index in [1.807, 2.05) is 25.1 Å². The minimum absolute atomic E-state index is 0.0336. The third-order valence-electron chi connectivity index (χ3n) is 4.46. The van der Waals surface area contributed by atoms with Gasteiger partial charge in [-0.25, -0.2) is 0 Å². The summed E-state index contributed by atoms with van der Waals surface area (Å²) in [7, 11) is 1.78. The molecule has 0 atom stereocenters. The molecule has 6 heteroatoms. The zero-order valence-corrected chi connectivity index (χ0v) is 15.4. The minimum atomic E-state index is -0.0336. The first kappa shape index (κ1) is 19.0. The number of hydrogen-bond acceptors (Lipinski definition) is 3. The summed E-state index contributed by atoms with van der Waals surface area (Å²) in [4.78, 5) is 4.29. The molecule has 1 saturated heterocycles. The Bertz CT molecular complexity index is 531. The van der Waals surface area contributed by atoms with Gasteiger partial charge < -0.3 is 20.1 Å². The third-order valence-corrected chi connectivity index (χ3v) is 4.79. The Labute approximate surface area is 149 Å². The first-order valence-electron chi connectivity index (χ1n) is 8.57. The average Bonchev–Trinajstić information content (AvgIpc) is 2.62. The quantitative estimate of drug-likeness (QED) is 0.449. The van der Waals surface area contributed by atoms with Crippen molar-refractivity contribution in [3.8, 4) is 0 Å². The van der Waals surface area contributed by atoms with Gasteiger partial charge in [-0.2, -0.15) is 0 Å². The maximum Gasteiger partial charge on any atom is 0.191 e. The molecule has 1 aliphatic heterocycles. The summed E-state index contributed by atoms with van der Waals surface area (Å²) < 4.78 is 10.9. The van der Waals surface area contributed by atoms with Crippen molar-refractivity contribution in [2.24, 2.45) is 4.99 Å². The van der Waals surface area contributed by atoms with Crippen LogP contribution in [0.2, 0.25) is 5.02 Å². The maximum absolute atomic E-state index is 6.48. The second-order valence-electron chi connectivity index (χ2n) is 5.92. The zero-order valence-electron chi connectivity index (χ0n) is 14.6. The molecule has 1 aromatic carbocycles. The molecule has 2 N–H and O–H groups in total. The van der Waals surface area contributed by atoms with Crippen molar-refractivity contribution in [1.29, 1.82) is 0 Å². The Kier molecular flexibility index (Phi) is 7.82. The van der Waals surface area contributed by atoms with Crippen LogP contribution in [-0.4, -0.2) is 52.5 Å². The monoisotopic (exact) mass is 353 g/mol. The first-order valence-corrected chi connectivity index (χ1v) is 8.94. The smallest absolute Gasteiger partial charge is 0.191 e. The molecule has 0 aliphatic carbocycles. The summed E-state index contributed by atoms with van der Waals surface area (Å²) in [5.74, 6) is 0.785. The SMILES string of the molecule is CCOCCNC(=NC)NCC1(c2ccccc2Cl)CCOCC1. The number of aliphatic imine (C=N–C) groups is 1. The van der Waals surface area contributed by atoms with E-state index in [0.29, 0.717) is 6.61 Å². The number of nitrogens with one attached hydrogen (secondary N) is 2. The number of nitrogens with zero attached hydrogens (tertiary/aromatic N) is 1. The summed E-state index contributed by atoms with van der Waals surface area (Å²) >= 11 is 6.48. The van der Waals surface area contributed by atoms with Gasteiger partial charge >= 0.3 is 0 Å². The normalized spacial score (nSPS) is 17.5. The fraction of sp³-hybridized carbons (Fsp3) is 0.611. The van der Waals surface area contributed by atoms with Gasteiger partial charge in [-0.05, 0) is 31.4 Å². The Morgan fingerprint density at radius 2 is 2.04 bits per heavy atom. The van der Waals surface area contributed by atoms with Gasteiger partial charge in [0.15, 0.2) is 5.96 Å². The van der Waals surface area contributed by atoms with E-state index in [0.717, 1.165) is 56.7 Å². The molecule has 5 nitrogen and oxygen atoms in total. The molecule has 1 aromatic rings. The number of guanidine groups is 1. The van der Waals surface area contributed by atoms with Crippen molar-refractivity contribution < 1.29 is 9.47 Å². The van der Waals surface area contributed by atoms with Crippen molar-refractivity contribution in [1.82, 2.24) is 10.6 Å². The van der Waals surface area contributed by atoms with Crippen LogP contribution in [0.3, 0.4) is 0 Å². The van der Waals surface area contributed by atoms with E-state index in [4.69, 9.17) is 21.1 Å². The summed E-state index contributed by atoms with van der Waals surface area (Å²) in [5.41, 5.74) is 1.15. The van der Waals surface area contributed by atoms with E-state index in [1.54, 1.807) is 7.05 Å². The molecule has 0 radical (unpaired) electrons. The number of benzene rings is 1. The molecule has 0 spiro atoms. The second kappa shape index (κ2) is 9.87. The molecule has 0 saturated carbocycles. The molecule has 0 unspecified atom stereocenters. The van der Waals surface area contributed by atoms with Crippen molar-refractivity contribution in [3.63, 3.8) is 0 Å². The minimum Gasteiger partial charge on any atom is -0.381 e. The molecule has 134 valence electrons. The number of halogens is 1. The van der Waals surface area contributed by atoms with Crippen LogP contribution in [0.25, 0.3) is 0 Å². The van der Waals surface area contributed by atoms with Gasteiger partial charge in [0.2, 0.25) is 0 Å². The molecular weight excluding hydrogens is 326 g/mol. The molecule has 0 aromatic heterocycles. The molecule has 24 heavy (non-hydrogen) atoms. The molecule has 2 rings (SSSR count). The van der Waals surface area contributed by atoms with E-state index < -0.39 is 0 Å². The molecular formula is C18H28ClN3O2. The van der Waals surface area contributed by atoms with Crippen molar-refractivity contribution in [2.75, 3.05) is 46.6 Å². The van der Waals surface area contributed by atoms with Gasteiger partial charge in [-0.15, -0.1) is 0 Å². The summed E-state index contributed by atoms with van der Waals surface area (Å²) in [6, 6.07) is 8.11. The Morgan fingerprint density at radius 1 is 1.29 bits per heavy atom. The highest BCUT2D eigenvalue weighted by molar-refractivity contribution is 6.31. The molecule has 1 fully saturated rings. The van der Waals surface area contributed by atoms with E-state index in [9.17, 15) is 0 Å². The van der Waals surface area contributed by atoms with Crippen LogP contribution >= 0.6 is 11.6 Å². The Balaban J connectivity index is 2.03. The average molecular weight is 354 g/mol. The van der Waals surface area contributed by atoms with E-state index in [1.165, 1.54) is 5.56 Å². The fourth-order valence-corrected chi connectivity index (χ4v) is 3.39. The predicted octanol–water partition coefficient (Wildman–Crippen LogP) is 2.59. The topological polar surface area (TPSA) is 54.9 Å². The van der Waals surface area contributed by atoms with Crippen molar-refractivity contribution >= 4 is 17.6 Å². The van der Waals surface area contributed by atoms with Gasteiger partial charge in [-0.3, -0.25) is 4.99 Å². The highest BCUT2D eigenvalue weighted by Crippen LogP contribution is 2.38. The Morgan fingerprint density at radius 3 is 2.71 bits per heavy atom. The molecule has 0 bridgehead atoms. The van der Waals surface area contributed by atoms with Gasteiger partial charge in [0.25, 0.3) is 0 Å². The lowest BCUT2D eigenvalue weighted by molar-refractivity contribution is 0.0514. The Hall–Kier alpha value is -1.30. The lowest BCUT2D eigenvalue weighted by Crippen LogP contribution is -2.48. The van der Waals surface area contributed by atoms with Gasteiger partial charge in [0, 0.05) is 50.4 Å². The van der Waals surface area contributed by atoms with Crippen LogP contribution in [0.4, 0.5) is 0 Å².